The average molecular weight is 567 g/mol. The van der Waals surface area contributed by atoms with Crippen molar-refractivity contribution in [3.63, 3.8) is 0 Å². The maximum Gasteiger partial charge on any atom is 0.306 e. The van der Waals surface area contributed by atoms with Crippen LogP contribution < -0.4 is 25.2 Å². The molecular formula is C30H34N2O9. The number of carbonyl (C=O) groups excluding carboxylic acids is 1. The highest BCUT2D eigenvalue weighted by molar-refractivity contribution is 5.72. The number of pyridine rings is 1. The van der Waals surface area contributed by atoms with E-state index >= 15 is 0 Å². The molecule has 2 aromatic heterocycles. The van der Waals surface area contributed by atoms with Gasteiger partial charge in [-0.3, -0.25) is 19.3 Å². The molecule has 0 saturated carbocycles. The number of aromatic hydroxyl groups is 1. The van der Waals surface area contributed by atoms with Crippen molar-refractivity contribution in [3.05, 3.63) is 79.8 Å². The molecule has 218 valence electrons. The lowest BCUT2D eigenvalue weighted by molar-refractivity contribution is -0.140. The summed E-state index contributed by atoms with van der Waals surface area (Å²) in [5, 5.41) is 10.9. The lowest BCUT2D eigenvalue weighted by Crippen LogP contribution is -2.46. The number of esters is 1. The second-order valence-corrected chi connectivity index (χ2v) is 10.5. The average Bonchev–Trinajstić information content (AvgIpc) is 2.97. The molecule has 2 aliphatic heterocycles. The fourth-order valence-electron chi connectivity index (χ4n) is 6.13. The van der Waals surface area contributed by atoms with E-state index in [4.69, 9.17) is 23.4 Å². The van der Waals surface area contributed by atoms with Crippen LogP contribution in [0.3, 0.4) is 0 Å². The number of piperidine rings is 1. The molecule has 2 aliphatic rings. The number of likely N-dealkylation sites (tertiary alicyclic amines) is 1. The first-order chi connectivity index (χ1) is 19.8. The molecule has 11 heteroatoms. The molecule has 1 fully saturated rings. The Kier molecular flexibility index (Phi) is 8.07. The standard InChI is InChI=1S/C30H34N2O9/c1-37-24-12-26(39-3)25(38-2)10-20(24)21(11-28(35)40-4)30-29(36)23(33)9-19(41-30)16-31-13-17-8-18(15-31)22-6-5-7-27(34)32(22)14-17/h5-7,9-10,12,17-18,21,36H,8,11,13-16H2,1-4H3. The van der Waals surface area contributed by atoms with Gasteiger partial charge in [0.1, 0.15) is 11.5 Å². The highest BCUT2D eigenvalue weighted by atomic mass is 16.5. The van der Waals surface area contributed by atoms with Gasteiger partial charge in [-0.25, -0.2) is 0 Å². The van der Waals surface area contributed by atoms with Gasteiger partial charge in [-0.15, -0.1) is 0 Å². The van der Waals surface area contributed by atoms with Crippen molar-refractivity contribution in [2.45, 2.75) is 37.8 Å². The number of aromatic nitrogens is 1. The van der Waals surface area contributed by atoms with Crippen molar-refractivity contribution in [1.82, 2.24) is 9.47 Å². The number of nitrogens with zero attached hydrogens (tertiary/aromatic N) is 2. The van der Waals surface area contributed by atoms with Gasteiger partial charge in [0.25, 0.3) is 5.56 Å². The zero-order valence-corrected chi connectivity index (χ0v) is 23.5. The number of hydrogen-bond donors (Lipinski definition) is 1. The lowest BCUT2D eigenvalue weighted by atomic mass is 9.83. The number of hydrogen-bond acceptors (Lipinski definition) is 10. The monoisotopic (exact) mass is 566 g/mol. The third kappa shape index (κ3) is 5.54. The summed E-state index contributed by atoms with van der Waals surface area (Å²) in [4.78, 5) is 40.1. The molecule has 4 heterocycles. The van der Waals surface area contributed by atoms with E-state index in [1.54, 1.807) is 24.3 Å². The van der Waals surface area contributed by atoms with Crippen molar-refractivity contribution in [2.75, 3.05) is 41.5 Å². The molecule has 11 nitrogen and oxygen atoms in total. The van der Waals surface area contributed by atoms with Crippen LogP contribution >= 0.6 is 0 Å². The summed E-state index contributed by atoms with van der Waals surface area (Å²) in [6.45, 7) is 2.38. The number of rotatable bonds is 9. The molecule has 1 N–H and O–H groups in total. The first kappa shape index (κ1) is 28.3. The summed E-state index contributed by atoms with van der Waals surface area (Å²) >= 11 is 0. The molecule has 1 saturated heterocycles. The minimum absolute atomic E-state index is 0.0158. The van der Waals surface area contributed by atoms with E-state index in [0.29, 0.717) is 48.2 Å². The maximum atomic E-state index is 13.0. The number of ether oxygens (including phenoxy) is 4. The normalized spacial score (nSPS) is 18.7. The lowest BCUT2D eigenvalue weighted by Gasteiger charge is -2.42. The number of benzene rings is 1. The predicted molar refractivity (Wildman–Crippen MR) is 148 cm³/mol. The topological polar surface area (TPSA) is 130 Å². The van der Waals surface area contributed by atoms with Gasteiger partial charge in [-0.05, 0) is 24.5 Å². The van der Waals surface area contributed by atoms with Gasteiger partial charge in [-0.1, -0.05) is 6.07 Å². The van der Waals surface area contributed by atoms with Crippen LogP contribution in [0.1, 0.15) is 47.5 Å². The Morgan fingerprint density at radius 2 is 1.73 bits per heavy atom. The SMILES string of the molecule is COC(=O)CC(c1cc(OC)c(OC)cc1OC)c1oc(CN2CC3CC(C2)c2cccc(=O)n2C3)cc(=O)c1O. The minimum Gasteiger partial charge on any atom is -0.502 e. The predicted octanol–water partition coefficient (Wildman–Crippen LogP) is 2.85. The molecule has 2 bridgehead atoms. The number of carbonyl (C=O) groups is 1. The molecule has 41 heavy (non-hydrogen) atoms. The Hall–Kier alpha value is -4.25. The molecule has 0 radical (unpaired) electrons. The van der Waals surface area contributed by atoms with Crippen molar-refractivity contribution < 1.29 is 33.3 Å². The van der Waals surface area contributed by atoms with Gasteiger partial charge in [0, 0.05) is 55.0 Å². The van der Waals surface area contributed by atoms with Crippen molar-refractivity contribution in [3.8, 4) is 23.0 Å². The van der Waals surface area contributed by atoms with Crippen LogP contribution in [-0.2, 0) is 22.6 Å². The number of fused-ring (bicyclic) bond motifs is 4. The summed E-state index contributed by atoms with van der Waals surface area (Å²) in [5.74, 6) is -0.221. The van der Waals surface area contributed by atoms with Gasteiger partial charge in [0.2, 0.25) is 11.2 Å². The highest BCUT2D eigenvalue weighted by Crippen LogP contribution is 2.43. The molecule has 0 amide bonds. The van der Waals surface area contributed by atoms with Crippen LogP contribution in [0.4, 0.5) is 0 Å². The maximum absolute atomic E-state index is 13.0. The molecule has 5 rings (SSSR count). The first-order valence-corrected chi connectivity index (χ1v) is 13.4. The van der Waals surface area contributed by atoms with E-state index in [-0.39, 0.29) is 29.6 Å². The zero-order valence-electron chi connectivity index (χ0n) is 23.5. The molecule has 3 atom stereocenters. The van der Waals surface area contributed by atoms with E-state index < -0.39 is 23.1 Å². The molecule has 3 aromatic rings. The van der Waals surface area contributed by atoms with Crippen LogP contribution in [0.2, 0.25) is 0 Å². The van der Waals surface area contributed by atoms with Crippen molar-refractivity contribution in [2.24, 2.45) is 5.92 Å². The van der Waals surface area contributed by atoms with Gasteiger partial charge in [0.15, 0.2) is 17.3 Å². The third-order valence-electron chi connectivity index (χ3n) is 7.96. The molecule has 3 unspecified atom stereocenters. The third-order valence-corrected chi connectivity index (χ3v) is 7.96. The van der Waals surface area contributed by atoms with Gasteiger partial charge in [0.05, 0.1) is 47.3 Å². The van der Waals surface area contributed by atoms with E-state index in [0.717, 1.165) is 18.7 Å². The number of methoxy groups -OCH3 is 4. The van der Waals surface area contributed by atoms with E-state index in [1.165, 1.54) is 34.5 Å². The Labute approximate surface area is 236 Å². The first-order valence-electron chi connectivity index (χ1n) is 13.4. The van der Waals surface area contributed by atoms with E-state index in [1.807, 2.05) is 10.6 Å². The van der Waals surface area contributed by atoms with Crippen LogP contribution in [0, 0.1) is 5.92 Å². The largest absolute Gasteiger partial charge is 0.502 e. The highest BCUT2D eigenvalue weighted by Gasteiger charge is 2.35. The Morgan fingerprint density at radius 1 is 1.00 bits per heavy atom. The smallest absolute Gasteiger partial charge is 0.306 e. The van der Waals surface area contributed by atoms with Gasteiger partial charge >= 0.3 is 5.97 Å². The fraction of sp³-hybridized carbons (Fsp3) is 0.433. The van der Waals surface area contributed by atoms with Crippen LogP contribution in [0.5, 0.6) is 23.0 Å². The quantitative estimate of drug-likeness (QED) is 0.386. The second kappa shape index (κ2) is 11.7. The van der Waals surface area contributed by atoms with Crippen LogP contribution in [0.15, 0.2) is 50.4 Å². The Bertz CT molecular complexity index is 1560. The van der Waals surface area contributed by atoms with Crippen LogP contribution in [-0.4, -0.2) is 62.1 Å². The van der Waals surface area contributed by atoms with Crippen molar-refractivity contribution in [1.29, 1.82) is 0 Å². The molecule has 1 aromatic carbocycles. The van der Waals surface area contributed by atoms with Crippen LogP contribution in [0.25, 0.3) is 0 Å². The summed E-state index contributed by atoms with van der Waals surface area (Å²) in [5.41, 5.74) is 0.859. The fourth-order valence-corrected chi connectivity index (χ4v) is 6.13. The summed E-state index contributed by atoms with van der Waals surface area (Å²) in [6, 6.07) is 9.90. The Morgan fingerprint density at radius 3 is 2.44 bits per heavy atom. The Balaban J connectivity index is 1.51. The van der Waals surface area contributed by atoms with Gasteiger partial charge < -0.3 is 33.0 Å². The van der Waals surface area contributed by atoms with Gasteiger partial charge in [-0.2, -0.15) is 0 Å². The summed E-state index contributed by atoms with van der Waals surface area (Å²) in [7, 11) is 5.69. The molecule has 0 aliphatic carbocycles. The minimum atomic E-state index is -0.927. The van der Waals surface area contributed by atoms with Crippen molar-refractivity contribution >= 4 is 5.97 Å². The zero-order chi connectivity index (χ0) is 29.3. The van der Waals surface area contributed by atoms with E-state index in [2.05, 4.69) is 4.90 Å². The summed E-state index contributed by atoms with van der Waals surface area (Å²) in [6.07, 6.45) is 0.757. The van der Waals surface area contributed by atoms with E-state index in [9.17, 15) is 19.5 Å². The summed E-state index contributed by atoms with van der Waals surface area (Å²) < 4.78 is 29.4. The second-order valence-electron chi connectivity index (χ2n) is 10.5. The molecular weight excluding hydrogens is 532 g/mol. The molecule has 0 spiro atoms.